The third-order valence-corrected chi connectivity index (χ3v) is 3.36. The highest BCUT2D eigenvalue weighted by atomic mass is 16.4. The van der Waals surface area contributed by atoms with Crippen LogP contribution in [0.2, 0.25) is 0 Å². The van der Waals surface area contributed by atoms with Crippen LogP contribution in [-0.2, 0) is 11.3 Å². The molecule has 2 N–H and O–H groups in total. The van der Waals surface area contributed by atoms with Crippen LogP contribution in [0.3, 0.4) is 0 Å². The molecule has 0 amide bonds. The number of nitrogens with zero attached hydrogens (tertiary/aromatic N) is 1. The van der Waals surface area contributed by atoms with Crippen LogP contribution < -0.4 is 5.32 Å². The minimum atomic E-state index is -0.730. The number of rotatable bonds is 5. The van der Waals surface area contributed by atoms with Crippen LogP contribution in [0, 0.1) is 0 Å². The van der Waals surface area contributed by atoms with Crippen molar-refractivity contribution in [3.63, 3.8) is 0 Å². The molecule has 1 aliphatic heterocycles. The van der Waals surface area contributed by atoms with E-state index in [2.05, 4.69) is 17.1 Å². The van der Waals surface area contributed by atoms with Crippen LogP contribution in [-0.4, -0.2) is 41.1 Å². The number of furan rings is 1. The maximum absolute atomic E-state index is 10.7. The molecule has 1 aromatic heterocycles. The molecule has 1 fully saturated rings. The summed E-state index contributed by atoms with van der Waals surface area (Å²) in [5, 5.41) is 12.2. The molecule has 2 heterocycles. The fraction of sp³-hybridized carbons (Fsp3) is 0.615. The average molecular weight is 252 g/mol. The molecule has 18 heavy (non-hydrogen) atoms. The lowest BCUT2D eigenvalue weighted by Gasteiger charge is -2.38. The Balaban J connectivity index is 1.94. The standard InChI is InChI=1S/C13H20N2O3/c1-10-8-15(9-12-3-2-6-18-12)11(7-14-10)4-5-13(16)17/h2-3,6,10-11,14H,4-5,7-9H2,1H3,(H,16,17). The number of aliphatic carboxylic acids is 1. The second kappa shape index (κ2) is 6.02. The highest BCUT2D eigenvalue weighted by Crippen LogP contribution is 2.16. The first-order valence-electron chi connectivity index (χ1n) is 6.36. The summed E-state index contributed by atoms with van der Waals surface area (Å²) in [6.45, 7) is 4.66. The van der Waals surface area contributed by atoms with Crippen LogP contribution in [0.1, 0.15) is 25.5 Å². The topological polar surface area (TPSA) is 65.7 Å². The third kappa shape index (κ3) is 3.58. The van der Waals surface area contributed by atoms with Gasteiger partial charge in [0.05, 0.1) is 12.8 Å². The zero-order chi connectivity index (χ0) is 13.0. The molecule has 5 nitrogen and oxygen atoms in total. The molecule has 1 aliphatic rings. The van der Waals surface area contributed by atoms with Gasteiger partial charge in [-0.15, -0.1) is 0 Å². The van der Waals surface area contributed by atoms with Crippen molar-refractivity contribution >= 4 is 5.97 Å². The smallest absolute Gasteiger partial charge is 0.303 e. The largest absolute Gasteiger partial charge is 0.481 e. The quantitative estimate of drug-likeness (QED) is 0.827. The lowest BCUT2D eigenvalue weighted by molar-refractivity contribution is -0.137. The van der Waals surface area contributed by atoms with E-state index in [4.69, 9.17) is 9.52 Å². The number of carbonyl (C=O) groups is 1. The summed E-state index contributed by atoms with van der Waals surface area (Å²) in [5.74, 6) is 0.205. The van der Waals surface area contributed by atoms with Crippen LogP contribution in [0.25, 0.3) is 0 Å². The minimum Gasteiger partial charge on any atom is -0.481 e. The van der Waals surface area contributed by atoms with Gasteiger partial charge in [0.25, 0.3) is 0 Å². The van der Waals surface area contributed by atoms with Crippen LogP contribution in [0.4, 0.5) is 0 Å². The van der Waals surface area contributed by atoms with Crippen molar-refractivity contribution in [2.75, 3.05) is 13.1 Å². The molecule has 1 aromatic rings. The maximum Gasteiger partial charge on any atom is 0.303 e. The molecular weight excluding hydrogens is 232 g/mol. The van der Waals surface area contributed by atoms with Gasteiger partial charge in [0.1, 0.15) is 5.76 Å². The summed E-state index contributed by atoms with van der Waals surface area (Å²) in [4.78, 5) is 13.0. The van der Waals surface area contributed by atoms with Gasteiger partial charge in [0.15, 0.2) is 0 Å². The van der Waals surface area contributed by atoms with E-state index in [1.165, 1.54) is 0 Å². The summed E-state index contributed by atoms with van der Waals surface area (Å²) >= 11 is 0. The first kappa shape index (κ1) is 13.1. The second-order valence-electron chi connectivity index (χ2n) is 4.90. The van der Waals surface area contributed by atoms with Crippen molar-refractivity contribution in [2.24, 2.45) is 0 Å². The van der Waals surface area contributed by atoms with Gasteiger partial charge in [-0.3, -0.25) is 9.69 Å². The number of carboxylic acid groups (broad SMARTS) is 1. The molecule has 2 rings (SSSR count). The zero-order valence-corrected chi connectivity index (χ0v) is 10.6. The van der Waals surface area contributed by atoms with E-state index in [9.17, 15) is 4.79 Å². The Hall–Kier alpha value is -1.33. The van der Waals surface area contributed by atoms with Crippen LogP contribution in [0.5, 0.6) is 0 Å². The Morgan fingerprint density at radius 2 is 2.50 bits per heavy atom. The fourth-order valence-electron chi connectivity index (χ4n) is 2.40. The van der Waals surface area contributed by atoms with Gasteiger partial charge in [-0.2, -0.15) is 0 Å². The molecule has 2 atom stereocenters. The molecule has 0 bridgehead atoms. The molecule has 0 spiro atoms. The van der Waals surface area contributed by atoms with Crippen molar-refractivity contribution in [1.82, 2.24) is 10.2 Å². The zero-order valence-electron chi connectivity index (χ0n) is 10.6. The third-order valence-electron chi connectivity index (χ3n) is 3.36. The van der Waals surface area contributed by atoms with E-state index in [1.807, 2.05) is 12.1 Å². The van der Waals surface area contributed by atoms with E-state index in [0.29, 0.717) is 12.5 Å². The molecule has 0 radical (unpaired) electrons. The van der Waals surface area contributed by atoms with Crippen molar-refractivity contribution in [3.8, 4) is 0 Å². The first-order valence-corrected chi connectivity index (χ1v) is 6.36. The molecule has 5 heteroatoms. The first-order chi connectivity index (χ1) is 8.65. The normalized spacial score (nSPS) is 25.2. The number of nitrogens with one attached hydrogen (secondary N) is 1. The molecule has 0 aliphatic carbocycles. The Morgan fingerprint density at radius 1 is 1.67 bits per heavy atom. The van der Waals surface area contributed by atoms with Gasteiger partial charge in [0.2, 0.25) is 0 Å². The van der Waals surface area contributed by atoms with E-state index in [-0.39, 0.29) is 12.5 Å². The van der Waals surface area contributed by atoms with Crippen molar-refractivity contribution in [1.29, 1.82) is 0 Å². The number of carboxylic acids is 1. The summed E-state index contributed by atoms with van der Waals surface area (Å²) in [6.07, 6.45) is 2.57. The van der Waals surface area contributed by atoms with E-state index < -0.39 is 5.97 Å². The van der Waals surface area contributed by atoms with Crippen LogP contribution >= 0.6 is 0 Å². The Bertz CT molecular complexity index is 378. The van der Waals surface area contributed by atoms with Gasteiger partial charge < -0.3 is 14.8 Å². The van der Waals surface area contributed by atoms with Crippen molar-refractivity contribution < 1.29 is 14.3 Å². The summed E-state index contributed by atoms with van der Waals surface area (Å²) in [7, 11) is 0. The van der Waals surface area contributed by atoms with Crippen molar-refractivity contribution in [2.45, 2.75) is 38.4 Å². The van der Waals surface area contributed by atoms with E-state index in [1.54, 1.807) is 6.26 Å². The number of hydrogen-bond donors (Lipinski definition) is 2. The van der Waals surface area contributed by atoms with E-state index in [0.717, 1.165) is 25.4 Å². The SMILES string of the molecule is CC1CN(Cc2ccco2)C(CCC(=O)O)CN1. The highest BCUT2D eigenvalue weighted by Gasteiger charge is 2.26. The Morgan fingerprint density at radius 3 is 3.17 bits per heavy atom. The Kier molecular flexibility index (Phi) is 4.38. The van der Waals surface area contributed by atoms with Crippen LogP contribution in [0.15, 0.2) is 22.8 Å². The molecule has 100 valence electrons. The predicted molar refractivity (Wildman–Crippen MR) is 67.2 cm³/mol. The monoisotopic (exact) mass is 252 g/mol. The fourth-order valence-corrected chi connectivity index (χ4v) is 2.40. The van der Waals surface area contributed by atoms with Gasteiger partial charge >= 0.3 is 5.97 Å². The lowest BCUT2D eigenvalue weighted by atomic mass is 10.0. The average Bonchev–Trinajstić information content (AvgIpc) is 2.80. The molecular formula is C13H20N2O3. The minimum absolute atomic E-state index is 0.218. The molecule has 2 unspecified atom stereocenters. The van der Waals surface area contributed by atoms with Gasteiger partial charge in [-0.05, 0) is 25.5 Å². The molecule has 0 aromatic carbocycles. The number of hydrogen-bond acceptors (Lipinski definition) is 4. The second-order valence-corrected chi connectivity index (χ2v) is 4.90. The highest BCUT2D eigenvalue weighted by molar-refractivity contribution is 5.66. The van der Waals surface area contributed by atoms with Crippen molar-refractivity contribution in [3.05, 3.63) is 24.2 Å². The van der Waals surface area contributed by atoms with E-state index >= 15 is 0 Å². The summed E-state index contributed by atoms with van der Waals surface area (Å²) < 4.78 is 5.37. The number of piperazine rings is 1. The summed E-state index contributed by atoms with van der Waals surface area (Å²) in [6, 6.07) is 4.54. The molecule has 0 saturated carbocycles. The lowest BCUT2D eigenvalue weighted by Crippen LogP contribution is -2.55. The predicted octanol–water partition coefficient (Wildman–Crippen LogP) is 1.31. The van der Waals surface area contributed by atoms with Gasteiger partial charge in [-0.25, -0.2) is 0 Å². The van der Waals surface area contributed by atoms with Gasteiger partial charge in [0, 0.05) is 31.6 Å². The van der Waals surface area contributed by atoms with Gasteiger partial charge in [-0.1, -0.05) is 0 Å². The maximum atomic E-state index is 10.7. The molecule has 1 saturated heterocycles. The summed E-state index contributed by atoms with van der Waals surface area (Å²) in [5.41, 5.74) is 0. The Labute approximate surface area is 107 Å².